The summed E-state index contributed by atoms with van der Waals surface area (Å²) in [6.45, 7) is 19.0. The Morgan fingerprint density at radius 3 is 1.40 bits per heavy atom. The SMILES string of the molecule is CC1=C(/C=C/C(C)=C\C=C\C(C)=C/C=C\C=C(C)\C=C/C=C(C)\C=C\C=C(C)/C=C\C=C(\C)C(=O)O)C(C)(C)CCC1. The second kappa shape index (κ2) is 19.3. The lowest BCUT2D eigenvalue weighted by Crippen LogP contribution is -2.19. The summed E-state index contributed by atoms with van der Waals surface area (Å²) in [6, 6.07) is 0. The lowest BCUT2D eigenvalue weighted by Gasteiger charge is -2.32. The van der Waals surface area contributed by atoms with E-state index in [1.165, 1.54) is 47.1 Å². The number of allylic oxidation sites excluding steroid dienone is 25. The Labute approximate surface area is 256 Å². The predicted molar refractivity (Wildman–Crippen MR) is 185 cm³/mol. The maximum atomic E-state index is 10.8. The minimum atomic E-state index is -0.902. The number of rotatable bonds is 13. The maximum absolute atomic E-state index is 10.8. The van der Waals surface area contributed by atoms with E-state index in [1.54, 1.807) is 19.1 Å². The van der Waals surface area contributed by atoms with Gasteiger partial charge in [-0.3, -0.25) is 0 Å². The maximum Gasteiger partial charge on any atom is 0.331 e. The molecule has 42 heavy (non-hydrogen) atoms. The normalized spacial score (nSPS) is 18.9. The van der Waals surface area contributed by atoms with Crippen LogP contribution in [-0.2, 0) is 4.79 Å². The molecule has 0 aromatic carbocycles. The molecule has 0 atom stereocenters. The second-order valence-corrected chi connectivity index (χ2v) is 11.8. The first-order valence-corrected chi connectivity index (χ1v) is 14.8. The van der Waals surface area contributed by atoms with Gasteiger partial charge >= 0.3 is 5.97 Å². The summed E-state index contributed by atoms with van der Waals surface area (Å²) < 4.78 is 0. The van der Waals surface area contributed by atoms with Crippen molar-refractivity contribution in [1.82, 2.24) is 0 Å². The van der Waals surface area contributed by atoms with Gasteiger partial charge in [0.05, 0.1) is 0 Å². The molecule has 224 valence electrons. The third kappa shape index (κ3) is 15.8. The van der Waals surface area contributed by atoms with Crippen LogP contribution in [0.25, 0.3) is 0 Å². The van der Waals surface area contributed by atoms with Crippen LogP contribution in [0.5, 0.6) is 0 Å². The number of hydrogen-bond donors (Lipinski definition) is 1. The monoisotopic (exact) mass is 564 g/mol. The van der Waals surface area contributed by atoms with Crippen molar-refractivity contribution >= 4 is 5.97 Å². The average Bonchev–Trinajstić information content (AvgIpc) is 2.90. The van der Waals surface area contributed by atoms with E-state index in [2.05, 4.69) is 121 Å². The first-order valence-electron chi connectivity index (χ1n) is 14.8. The largest absolute Gasteiger partial charge is 0.478 e. The third-order valence-corrected chi connectivity index (χ3v) is 7.08. The Kier molecular flexibility index (Phi) is 16.6. The lowest BCUT2D eigenvalue weighted by molar-refractivity contribution is -0.132. The van der Waals surface area contributed by atoms with Crippen LogP contribution in [0.2, 0.25) is 0 Å². The lowest BCUT2D eigenvalue weighted by atomic mass is 9.72. The van der Waals surface area contributed by atoms with E-state index in [4.69, 9.17) is 5.11 Å². The molecular formula is C40H52O2. The Balaban J connectivity index is 2.61. The van der Waals surface area contributed by atoms with E-state index in [1.807, 2.05) is 31.2 Å². The Hall–Kier alpha value is -3.91. The number of hydrogen-bond acceptors (Lipinski definition) is 1. The van der Waals surface area contributed by atoms with Gasteiger partial charge in [-0.25, -0.2) is 4.79 Å². The molecule has 1 aliphatic rings. The number of carboxylic acids is 1. The molecular weight excluding hydrogens is 512 g/mol. The first-order chi connectivity index (χ1) is 19.8. The zero-order valence-corrected chi connectivity index (χ0v) is 27.4. The molecule has 1 aliphatic carbocycles. The summed E-state index contributed by atoms with van der Waals surface area (Å²) in [5.41, 5.74) is 9.42. The summed E-state index contributed by atoms with van der Waals surface area (Å²) in [5, 5.41) is 8.87. The molecule has 0 amide bonds. The fourth-order valence-electron chi connectivity index (χ4n) is 4.39. The number of carbonyl (C=O) groups is 1. The van der Waals surface area contributed by atoms with E-state index in [0.29, 0.717) is 5.57 Å². The standard InChI is InChI=1S/C40H52O2/c1-31(19-12-21-33(3)22-13-23-34(4)25-15-26-37(7)39(41)42)17-10-11-18-32(2)20-14-24-35(5)28-29-38-36(6)27-16-30-40(38,8)9/h10-15,17-26,28-29H,16,27,30H2,1-9H3,(H,41,42)/b11-10-,19-12-,20-14+,22-13+,25-15-,29-28+,31-17+,32-18-,33-21-,34-23-,35-24-,37-26-. The van der Waals surface area contributed by atoms with Crippen LogP contribution in [0, 0.1) is 5.41 Å². The number of carboxylic acid groups (broad SMARTS) is 1. The van der Waals surface area contributed by atoms with Crippen LogP contribution >= 0.6 is 0 Å². The molecule has 0 unspecified atom stereocenters. The van der Waals surface area contributed by atoms with Crippen molar-refractivity contribution in [3.05, 3.63) is 154 Å². The van der Waals surface area contributed by atoms with Gasteiger partial charge in [0.1, 0.15) is 0 Å². The molecule has 2 nitrogen and oxygen atoms in total. The van der Waals surface area contributed by atoms with Gasteiger partial charge in [0.25, 0.3) is 0 Å². The van der Waals surface area contributed by atoms with Crippen LogP contribution in [0.1, 0.15) is 81.6 Å². The van der Waals surface area contributed by atoms with Crippen molar-refractivity contribution < 1.29 is 9.90 Å². The van der Waals surface area contributed by atoms with Crippen molar-refractivity contribution in [3.63, 3.8) is 0 Å². The zero-order valence-electron chi connectivity index (χ0n) is 27.4. The van der Waals surface area contributed by atoms with Crippen molar-refractivity contribution in [1.29, 1.82) is 0 Å². The summed E-state index contributed by atoms with van der Waals surface area (Å²) in [4.78, 5) is 10.8. The highest BCUT2D eigenvalue weighted by atomic mass is 16.4. The van der Waals surface area contributed by atoms with E-state index in [9.17, 15) is 4.79 Å². The fourth-order valence-corrected chi connectivity index (χ4v) is 4.39. The topological polar surface area (TPSA) is 37.3 Å². The molecule has 0 saturated heterocycles. The van der Waals surface area contributed by atoms with Crippen molar-refractivity contribution in [3.8, 4) is 0 Å². The molecule has 0 bridgehead atoms. The Bertz CT molecular complexity index is 1330. The molecule has 0 aromatic heterocycles. The molecule has 0 aromatic rings. The van der Waals surface area contributed by atoms with Gasteiger partial charge in [0, 0.05) is 5.57 Å². The minimum Gasteiger partial charge on any atom is -0.478 e. The van der Waals surface area contributed by atoms with Gasteiger partial charge in [-0.1, -0.05) is 157 Å². The fraction of sp³-hybridized carbons (Fsp3) is 0.325. The van der Waals surface area contributed by atoms with Gasteiger partial charge in [0.2, 0.25) is 0 Å². The van der Waals surface area contributed by atoms with E-state index >= 15 is 0 Å². The summed E-state index contributed by atoms with van der Waals surface area (Å²) in [5.74, 6) is -0.902. The van der Waals surface area contributed by atoms with Gasteiger partial charge in [-0.15, -0.1) is 0 Å². The molecule has 1 N–H and O–H groups in total. The summed E-state index contributed by atoms with van der Waals surface area (Å²) in [6.07, 6.45) is 40.6. The predicted octanol–water partition coefficient (Wildman–Crippen LogP) is 11.6. The molecule has 0 aliphatic heterocycles. The first kappa shape index (κ1) is 36.1. The molecule has 0 saturated carbocycles. The second-order valence-electron chi connectivity index (χ2n) is 11.8. The van der Waals surface area contributed by atoms with Crippen molar-refractivity contribution in [2.75, 3.05) is 0 Å². The summed E-state index contributed by atoms with van der Waals surface area (Å²) >= 11 is 0. The van der Waals surface area contributed by atoms with E-state index < -0.39 is 5.97 Å². The van der Waals surface area contributed by atoms with Gasteiger partial charge in [0.15, 0.2) is 0 Å². The third-order valence-electron chi connectivity index (χ3n) is 7.08. The molecule has 2 heteroatoms. The van der Waals surface area contributed by atoms with Gasteiger partial charge in [-0.2, -0.15) is 0 Å². The van der Waals surface area contributed by atoms with Crippen LogP contribution in [0.4, 0.5) is 0 Å². The van der Waals surface area contributed by atoms with E-state index in [-0.39, 0.29) is 5.41 Å². The van der Waals surface area contributed by atoms with Crippen molar-refractivity contribution in [2.45, 2.75) is 81.6 Å². The van der Waals surface area contributed by atoms with Crippen LogP contribution in [-0.4, -0.2) is 11.1 Å². The average molecular weight is 565 g/mol. The quantitative estimate of drug-likeness (QED) is 0.178. The zero-order chi connectivity index (χ0) is 31.5. The minimum absolute atomic E-state index is 0.275. The smallest absolute Gasteiger partial charge is 0.331 e. The van der Waals surface area contributed by atoms with Crippen LogP contribution < -0.4 is 0 Å². The highest BCUT2D eigenvalue weighted by Gasteiger charge is 2.26. The van der Waals surface area contributed by atoms with Crippen LogP contribution in [0.3, 0.4) is 0 Å². The highest BCUT2D eigenvalue weighted by Crippen LogP contribution is 2.40. The molecule has 0 fully saturated rings. The summed E-state index contributed by atoms with van der Waals surface area (Å²) in [7, 11) is 0. The number of aliphatic carboxylic acids is 1. The van der Waals surface area contributed by atoms with Crippen LogP contribution in [0.15, 0.2) is 154 Å². The van der Waals surface area contributed by atoms with Gasteiger partial charge in [-0.05, 0) is 78.7 Å². The van der Waals surface area contributed by atoms with E-state index in [0.717, 1.165) is 11.1 Å². The molecule has 0 radical (unpaired) electrons. The molecule has 0 spiro atoms. The van der Waals surface area contributed by atoms with Gasteiger partial charge < -0.3 is 5.11 Å². The van der Waals surface area contributed by atoms with Crippen molar-refractivity contribution in [2.24, 2.45) is 5.41 Å². The Morgan fingerprint density at radius 1 is 0.619 bits per heavy atom. The Morgan fingerprint density at radius 2 is 1.00 bits per heavy atom. The molecule has 0 heterocycles. The highest BCUT2D eigenvalue weighted by molar-refractivity contribution is 5.86. The molecule has 1 rings (SSSR count).